The monoisotopic (exact) mass is 1460 g/mol. The van der Waals surface area contributed by atoms with Gasteiger partial charge < -0.3 is 118 Å². The highest BCUT2D eigenvalue weighted by atomic mass is 32.1. The van der Waals surface area contributed by atoms with Crippen LogP contribution in [0.3, 0.4) is 0 Å². The largest absolute Gasteiger partial charge is 0.504 e. The van der Waals surface area contributed by atoms with Crippen LogP contribution < -0.4 is 46.9 Å². The number of carbonyl (C=O) groups is 7. The summed E-state index contributed by atoms with van der Waals surface area (Å²) < 4.78 is 12.1. The van der Waals surface area contributed by atoms with Crippen molar-refractivity contribution in [1.82, 2.24) is 57.2 Å². The fourth-order valence-electron chi connectivity index (χ4n) is 13.7. The van der Waals surface area contributed by atoms with Gasteiger partial charge in [-0.05, 0) is 106 Å². The van der Waals surface area contributed by atoms with Crippen molar-refractivity contribution >= 4 is 58.4 Å². The lowest BCUT2D eigenvalue weighted by atomic mass is 9.90. The van der Waals surface area contributed by atoms with Crippen molar-refractivity contribution in [2.45, 2.75) is 176 Å². The SMILES string of the molecule is C[C@@H](O)[C@@H]1NC(=O)[C@@H](NC(=O)c2ccc(-c3nnc(-c4ccc(N5CCC(OCC6CCCCC6)CC5)cc4)s3)cc2)C[C@@H](O)CNC(=O)[C@@H]2[C@@H](O)[C@@H](C)CN2C(=O)[C@H]([C@H](O)CCNC(CO)CO)NC(=O)[C@H]([C@H](O)Cc2ccc(O)c(OCCNC(CO)CO)c2)NC(=O)[C@@H]2C[C@@H](O)CN2C1=O. The number of carbonyl (C=O) groups excluding carboxylic acids is 7. The van der Waals surface area contributed by atoms with Gasteiger partial charge >= 0.3 is 0 Å². The van der Waals surface area contributed by atoms with Crippen LogP contribution in [0.5, 0.6) is 11.5 Å². The van der Waals surface area contributed by atoms with Crippen LogP contribution in [0.15, 0.2) is 66.7 Å². The van der Waals surface area contributed by atoms with E-state index in [0.29, 0.717) is 21.5 Å². The molecule has 1 aromatic heterocycles. The first kappa shape index (κ1) is 79.5. The third kappa shape index (κ3) is 21.1. The number of aromatic hydroxyl groups is 1. The number of rotatable bonds is 26. The van der Waals surface area contributed by atoms with E-state index in [4.69, 9.17) is 9.47 Å². The number of piperidine rings is 1. The Bertz CT molecular complexity index is 3450. The second kappa shape index (κ2) is 37.9. The van der Waals surface area contributed by atoms with Crippen molar-refractivity contribution in [3.63, 3.8) is 0 Å². The molecule has 9 rings (SSSR count). The highest BCUT2D eigenvalue weighted by molar-refractivity contribution is 7.17. The van der Waals surface area contributed by atoms with Gasteiger partial charge in [-0.3, -0.25) is 33.6 Å². The number of aliphatic hydroxyl groups is 10. The second-order valence-electron chi connectivity index (χ2n) is 27.5. The van der Waals surface area contributed by atoms with Crippen molar-refractivity contribution < 1.29 is 99.2 Å². The number of amides is 7. The molecule has 4 saturated heterocycles. The molecule has 33 heteroatoms. The summed E-state index contributed by atoms with van der Waals surface area (Å²) in [6.07, 6.45) is -3.93. The molecule has 32 nitrogen and oxygen atoms in total. The van der Waals surface area contributed by atoms with Crippen LogP contribution in [0.25, 0.3) is 21.1 Å². The molecule has 0 bridgehead atoms. The number of phenolic OH excluding ortho intramolecular Hbond substituents is 1. The van der Waals surface area contributed by atoms with E-state index in [1.165, 1.54) is 80.7 Å². The maximum atomic E-state index is 15.1. The summed E-state index contributed by atoms with van der Waals surface area (Å²) in [7, 11) is 0. The molecule has 3 aromatic carbocycles. The van der Waals surface area contributed by atoms with Crippen molar-refractivity contribution in [2.75, 3.05) is 90.4 Å². The Kier molecular flexibility index (Phi) is 29.3. The van der Waals surface area contributed by atoms with Crippen LogP contribution in [-0.4, -0.2) is 294 Å². The number of nitrogens with one attached hydrogen (secondary N) is 7. The maximum absolute atomic E-state index is 15.1. The summed E-state index contributed by atoms with van der Waals surface area (Å²) >= 11 is 1.33. The molecular formula is C70H100N12O20S. The van der Waals surface area contributed by atoms with Crippen molar-refractivity contribution in [3.05, 3.63) is 77.9 Å². The van der Waals surface area contributed by atoms with E-state index in [2.05, 4.69) is 64.4 Å². The smallest absolute Gasteiger partial charge is 0.251 e. The second-order valence-corrected chi connectivity index (χ2v) is 28.5. The zero-order valence-corrected chi connectivity index (χ0v) is 58.7. The molecule has 0 spiro atoms. The summed E-state index contributed by atoms with van der Waals surface area (Å²) in [5.41, 5.74) is 2.77. The first-order valence-electron chi connectivity index (χ1n) is 35.4. The van der Waals surface area contributed by atoms with Crippen molar-refractivity contribution in [3.8, 4) is 32.6 Å². The van der Waals surface area contributed by atoms with E-state index >= 15 is 9.59 Å². The Balaban J connectivity index is 0.953. The van der Waals surface area contributed by atoms with Gasteiger partial charge in [-0.1, -0.05) is 55.7 Å². The molecule has 0 radical (unpaired) electrons. The number of hydrogen-bond donors (Lipinski definition) is 18. The van der Waals surface area contributed by atoms with Crippen molar-refractivity contribution in [2.24, 2.45) is 11.8 Å². The van der Waals surface area contributed by atoms with Gasteiger partial charge in [-0.25, -0.2) is 0 Å². The Hall–Kier alpha value is -7.61. The number of anilines is 1. The molecule has 4 aromatic rings. The van der Waals surface area contributed by atoms with E-state index in [1.807, 2.05) is 12.1 Å². The Morgan fingerprint density at radius 1 is 0.680 bits per heavy atom. The lowest BCUT2D eigenvalue weighted by molar-refractivity contribution is -0.147. The van der Waals surface area contributed by atoms with Gasteiger partial charge in [-0.15, -0.1) is 10.2 Å². The van der Waals surface area contributed by atoms with Gasteiger partial charge in [0.2, 0.25) is 35.4 Å². The topological polar surface area (TPSA) is 480 Å². The zero-order valence-electron chi connectivity index (χ0n) is 57.9. The third-order valence-electron chi connectivity index (χ3n) is 19.8. The lowest BCUT2D eigenvalue weighted by Crippen LogP contribution is -2.64. The lowest BCUT2D eigenvalue weighted by Gasteiger charge is -2.34. The molecule has 18 N–H and O–H groups in total. The standard InChI is InChI=1S/C70H100N12O20S/c1-38-31-82-60(61(38)93)66(98)73-30-48(88)28-51(74-62(94)42-9-11-43(12-10-42)67-78-79-68(103-67)44-13-15-47(16-14-44)80-23-19-50(20-24-80)102-37-40-6-4-3-5-7-40)63(95)75-57(39(2)87)69(99)81-32-49(89)29-52(81)64(96)76-58(65(97)77-59(70(82)100)54(91)18-21-71-45(33-83)34-84)55(92)26-41-8-17-53(90)56(27-41)101-25-22-72-46(35-85)36-86/h8-17,27,38-40,45-46,48-52,54-55,57-61,71-72,83-93H,3-7,18-26,28-37H2,1-2H3,(H,73,98)(H,74,94)(H,75,95)(H,76,96)(H,77,97)/t38-,39+,48+,49+,51-,52-,54+,55+,57-,58-,59-,60-,61-/m0/s1. The van der Waals surface area contributed by atoms with Gasteiger partial charge in [0.25, 0.3) is 5.91 Å². The van der Waals surface area contributed by atoms with Gasteiger partial charge in [0.15, 0.2) is 11.5 Å². The third-order valence-corrected chi connectivity index (χ3v) is 20.8. The summed E-state index contributed by atoms with van der Waals surface area (Å²) in [5.74, 6) is -8.52. The average Bonchev–Trinajstić information content (AvgIpc) is 1.67. The minimum atomic E-state index is -2.14. The summed E-state index contributed by atoms with van der Waals surface area (Å²) in [4.78, 5) is 107. The number of β-amino-alcohol motifs (C(OH)–C–C–N with tert-alkyl or cyclic N) is 1. The number of nitrogens with zero attached hydrogens (tertiary/aromatic N) is 5. The summed E-state index contributed by atoms with van der Waals surface area (Å²) in [6, 6.07) is 5.25. The van der Waals surface area contributed by atoms with Crippen LogP contribution in [0.2, 0.25) is 0 Å². The van der Waals surface area contributed by atoms with Crippen LogP contribution in [0, 0.1) is 11.8 Å². The number of ether oxygens (including phenoxy) is 2. The van der Waals surface area contributed by atoms with Gasteiger partial charge in [0.05, 0.1) is 81.2 Å². The highest BCUT2D eigenvalue weighted by Crippen LogP contribution is 2.34. The Labute approximate surface area is 600 Å². The number of benzene rings is 3. The minimum Gasteiger partial charge on any atom is -0.504 e. The first-order valence-corrected chi connectivity index (χ1v) is 36.2. The van der Waals surface area contributed by atoms with E-state index in [9.17, 15) is 80.1 Å². The van der Waals surface area contributed by atoms with Crippen LogP contribution >= 0.6 is 11.3 Å². The molecule has 1 aliphatic carbocycles. The fourth-order valence-corrected chi connectivity index (χ4v) is 14.5. The molecule has 103 heavy (non-hydrogen) atoms. The molecule has 7 amide bonds. The number of fused-ring (bicyclic) bond motifs is 2. The van der Waals surface area contributed by atoms with Crippen molar-refractivity contribution in [1.29, 1.82) is 0 Å². The van der Waals surface area contributed by atoms with Gasteiger partial charge in [-0.2, -0.15) is 0 Å². The highest BCUT2D eigenvalue weighted by Gasteiger charge is 2.50. The zero-order chi connectivity index (χ0) is 74.0. The van der Waals surface area contributed by atoms with Crippen LogP contribution in [0.1, 0.15) is 94.0 Å². The predicted molar refractivity (Wildman–Crippen MR) is 374 cm³/mol. The molecule has 5 heterocycles. The number of aromatic nitrogens is 2. The number of hydrogen-bond acceptors (Lipinski definition) is 26. The van der Waals surface area contributed by atoms with E-state index < -0.39 is 184 Å². The summed E-state index contributed by atoms with van der Waals surface area (Å²) in [6.45, 7) is 1.61. The van der Waals surface area contributed by atoms with Gasteiger partial charge in [0.1, 0.15) is 52.9 Å². The number of aliphatic hydroxyl groups excluding tert-OH is 10. The Morgan fingerprint density at radius 2 is 1.29 bits per heavy atom. The maximum Gasteiger partial charge on any atom is 0.251 e. The summed E-state index contributed by atoms with van der Waals surface area (Å²) in [5, 5.41) is 147. The molecule has 0 unspecified atom stereocenters. The van der Waals surface area contributed by atoms with Crippen LogP contribution in [0.4, 0.5) is 5.69 Å². The van der Waals surface area contributed by atoms with E-state index in [1.54, 1.807) is 12.1 Å². The van der Waals surface area contributed by atoms with E-state index in [-0.39, 0.29) is 68.2 Å². The molecule has 5 fully saturated rings. The molecular weight excluding hydrogens is 1360 g/mol. The molecule has 566 valence electrons. The van der Waals surface area contributed by atoms with Gasteiger partial charge in [0, 0.05) is 93.4 Å². The van der Waals surface area contributed by atoms with E-state index in [0.717, 1.165) is 60.5 Å². The normalized spacial score (nSPS) is 25.7. The molecule has 5 aliphatic rings. The molecule has 4 aliphatic heterocycles. The first-order chi connectivity index (χ1) is 49.5. The average molecular weight is 1460 g/mol. The quantitative estimate of drug-likeness (QED) is 0.0275. The number of phenols is 1. The predicted octanol–water partition coefficient (Wildman–Crippen LogP) is -3.25. The molecule has 13 atom stereocenters. The fraction of sp³-hybridized carbons (Fsp3) is 0.614. The van der Waals surface area contributed by atoms with Crippen LogP contribution in [-0.2, 0) is 39.9 Å². The minimum absolute atomic E-state index is 0.0219. The Morgan fingerprint density at radius 3 is 1.93 bits per heavy atom. The molecule has 1 saturated carbocycles.